The monoisotopic (exact) mass is 468 g/mol. The van der Waals surface area contributed by atoms with Crippen LogP contribution in [0.4, 0.5) is 13.2 Å². The molecule has 1 unspecified atom stereocenters. The van der Waals surface area contributed by atoms with Gasteiger partial charge in [-0.25, -0.2) is 4.98 Å². The van der Waals surface area contributed by atoms with Gasteiger partial charge in [-0.3, -0.25) is 0 Å². The molecule has 0 aliphatic rings. The fraction of sp³-hybridized carbons (Fsp3) is 0.296. The molecule has 0 saturated heterocycles. The minimum absolute atomic E-state index is 0.0339. The lowest BCUT2D eigenvalue weighted by Crippen LogP contribution is -2.12. The fourth-order valence-corrected chi connectivity index (χ4v) is 4.36. The van der Waals surface area contributed by atoms with Crippen LogP contribution in [-0.2, 0) is 19.1 Å². The minimum Gasteiger partial charge on any atom is -0.493 e. The summed E-state index contributed by atoms with van der Waals surface area (Å²) in [6.07, 6.45) is -2.98. The molecule has 4 rings (SSSR count). The average molecular weight is 469 g/mol. The Kier molecular flexibility index (Phi) is 6.82. The van der Waals surface area contributed by atoms with Gasteiger partial charge in [0.2, 0.25) is 0 Å². The van der Waals surface area contributed by atoms with Crippen molar-refractivity contribution in [3.63, 3.8) is 0 Å². The van der Waals surface area contributed by atoms with Crippen molar-refractivity contribution in [1.82, 2.24) is 9.55 Å². The van der Waals surface area contributed by atoms with Gasteiger partial charge in [0.1, 0.15) is 5.82 Å². The van der Waals surface area contributed by atoms with Gasteiger partial charge in [0.25, 0.3) is 0 Å². The Morgan fingerprint density at radius 3 is 2.29 bits per heavy atom. The SMILES string of the molecule is CCC(c1ccccc1)c1nc2cc(C(F)(F)F)ccc2n1CCc1ccc(OC)c(OC)c1. The minimum atomic E-state index is -4.42. The summed E-state index contributed by atoms with van der Waals surface area (Å²) in [5.74, 6) is 2.02. The standard InChI is InChI=1S/C27H27F3N2O2/c1-4-21(19-8-6-5-7-9-19)26-31-22-17-20(27(28,29)30)11-12-23(22)32(26)15-14-18-10-13-24(33-2)25(16-18)34-3/h5-13,16-17,21H,4,14-15H2,1-3H3. The van der Waals surface area contributed by atoms with E-state index in [-0.39, 0.29) is 5.92 Å². The lowest BCUT2D eigenvalue weighted by atomic mass is 9.95. The summed E-state index contributed by atoms with van der Waals surface area (Å²) in [5.41, 5.74) is 2.47. The Morgan fingerprint density at radius 1 is 0.912 bits per heavy atom. The zero-order valence-corrected chi connectivity index (χ0v) is 19.4. The number of alkyl halides is 3. The molecule has 4 nitrogen and oxygen atoms in total. The second-order valence-electron chi connectivity index (χ2n) is 8.13. The molecule has 34 heavy (non-hydrogen) atoms. The fourth-order valence-electron chi connectivity index (χ4n) is 4.36. The normalized spacial score (nSPS) is 12.6. The summed E-state index contributed by atoms with van der Waals surface area (Å²) in [4.78, 5) is 4.73. The molecule has 1 aromatic heterocycles. The highest BCUT2D eigenvalue weighted by atomic mass is 19.4. The smallest absolute Gasteiger partial charge is 0.416 e. The van der Waals surface area contributed by atoms with E-state index in [1.54, 1.807) is 14.2 Å². The number of imidazole rings is 1. The Labute approximate surface area is 197 Å². The number of methoxy groups -OCH3 is 2. The first kappa shape index (κ1) is 23.7. The first-order valence-corrected chi connectivity index (χ1v) is 11.2. The van der Waals surface area contributed by atoms with Crippen molar-refractivity contribution in [2.75, 3.05) is 14.2 Å². The van der Waals surface area contributed by atoms with Crippen LogP contribution in [0.25, 0.3) is 11.0 Å². The quantitative estimate of drug-likeness (QED) is 0.284. The average Bonchev–Trinajstić information content (AvgIpc) is 3.20. The predicted molar refractivity (Wildman–Crippen MR) is 127 cm³/mol. The molecular formula is C27H27F3N2O2. The van der Waals surface area contributed by atoms with Crippen LogP contribution in [0.3, 0.4) is 0 Å². The van der Waals surface area contributed by atoms with Gasteiger partial charge >= 0.3 is 6.18 Å². The number of nitrogens with zero attached hydrogens (tertiary/aromatic N) is 2. The molecule has 0 fully saturated rings. The van der Waals surface area contributed by atoms with Crippen molar-refractivity contribution in [2.45, 2.75) is 38.4 Å². The molecule has 0 radical (unpaired) electrons. The molecule has 0 aliphatic carbocycles. The maximum Gasteiger partial charge on any atom is 0.416 e. The lowest BCUT2D eigenvalue weighted by molar-refractivity contribution is -0.137. The van der Waals surface area contributed by atoms with Crippen molar-refractivity contribution < 1.29 is 22.6 Å². The van der Waals surface area contributed by atoms with Crippen LogP contribution in [0.15, 0.2) is 66.7 Å². The van der Waals surface area contributed by atoms with Crippen molar-refractivity contribution in [3.05, 3.63) is 89.2 Å². The molecule has 0 saturated carbocycles. The summed E-state index contributed by atoms with van der Waals surface area (Å²) < 4.78 is 52.9. The number of hydrogen-bond donors (Lipinski definition) is 0. The number of hydrogen-bond acceptors (Lipinski definition) is 3. The largest absolute Gasteiger partial charge is 0.493 e. The Morgan fingerprint density at radius 2 is 1.65 bits per heavy atom. The molecule has 0 N–H and O–H groups in total. The molecule has 178 valence electrons. The maximum absolute atomic E-state index is 13.4. The van der Waals surface area contributed by atoms with Gasteiger partial charge < -0.3 is 14.0 Å². The molecule has 3 aromatic carbocycles. The zero-order valence-electron chi connectivity index (χ0n) is 19.4. The lowest BCUT2D eigenvalue weighted by Gasteiger charge is -2.18. The van der Waals surface area contributed by atoms with Gasteiger partial charge in [0, 0.05) is 12.5 Å². The molecule has 0 spiro atoms. The van der Waals surface area contributed by atoms with Crippen LogP contribution >= 0.6 is 0 Å². The Bertz CT molecular complexity index is 1270. The van der Waals surface area contributed by atoms with E-state index in [1.807, 2.05) is 53.1 Å². The van der Waals surface area contributed by atoms with E-state index in [2.05, 4.69) is 6.92 Å². The third kappa shape index (κ3) is 4.74. The number of fused-ring (bicyclic) bond motifs is 1. The molecule has 0 amide bonds. The second kappa shape index (κ2) is 9.79. The van der Waals surface area contributed by atoms with E-state index in [4.69, 9.17) is 14.5 Å². The molecule has 0 bridgehead atoms. The van der Waals surface area contributed by atoms with Crippen molar-refractivity contribution in [3.8, 4) is 11.5 Å². The van der Waals surface area contributed by atoms with E-state index >= 15 is 0 Å². The highest BCUT2D eigenvalue weighted by Gasteiger charge is 2.31. The number of aryl methyl sites for hydroxylation is 2. The van der Waals surface area contributed by atoms with E-state index < -0.39 is 11.7 Å². The molecule has 0 aliphatic heterocycles. The number of ether oxygens (including phenoxy) is 2. The maximum atomic E-state index is 13.4. The number of benzene rings is 3. The first-order chi connectivity index (χ1) is 16.4. The van der Waals surface area contributed by atoms with Gasteiger partial charge in [-0.05, 0) is 54.3 Å². The summed E-state index contributed by atoms with van der Waals surface area (Å²) in [6.45, 7) is 2.63. The van der Waals surface area contributed by atoms with Crippen LogP contribution < -0.4 is 9.47 Å². The van der Waals surface area contributed by atoms with Crippen molar-refractivity contribution in [2.24, 2.45) is 0 Å². The highest BCUT2D eigenvalue weighted by Crippen LogP contribution is 2.35. The topological polar surface area (TPSA) is 36.3 Å². The number of aromatic nitrogens is 2. The first-order valence-electron chi connectivity index (χ1n) is 11.2. The number of rotatable bonds is 8. The van der Waals surface area contributed by atoms with Crippen molar-refractivity contribution in [1.29, 1.82) is 0 Å². The molecule has 7 heteroatoms. The molecule has 1 atom stereocenters. The van der Waals surface area contributed by atoms with Crippen LogP contribution in [-0.4, -0.2) is 23.8 Å². The van der Waals surface area contributed by atoms with Gasteiger partial charge in [-0.2, -0.15) is 13.2 Å². The van der Waals surface area contributed by atoms with E-state index in [0.717, 1.165) is 35.5 Å². The van der Waals surface area contributed by atoms with Crippen LogP contribution in [0.2, 0.25) is 0 Å². The van der Waals surface area contributed by atoms with Gasteiger partial charge in [0.05, 0.1) is 30.8 Å². The predicted octanol–water partition coefficient (Wildman–Crippen LogP) is 6.86. The summed E-state index contributed by atoms with van der Waals surface area (Å²) in [6, 6.07) is 19.5. The molecule has 1 heterocycles. The zero-order chi connectivity index (χ0) is 24.3. The van der Waals surface area contributed by atoms with E-state index in [1.165, 1.54) is 6.07 Å². The van der Waals surface area contributed by atoms with Gasteiger partial charge in [-0.1, -0.05) is 43.3 Å². The Hall–Kier alpha value is -3.48. The third-order valence-corrected chi connectivity index (χ3v) is 6.10. The number of halogens is 3. The van der Waals surface area contributed by atoms with Crippen molar-refractivity contribution >= 4 is 11.0 Å². The third-order valence-electron chi connectivity index (χ3n) is 6.10. The summed E-state index contributed by atoms with van der Waals surface area (Å²) in [7, 11) is 3.18. The van der Waals surface area contributed by atoms with E-state index in [0.29, 0.717) is 35.5 Å². The van der Waals surface area contributed by atoms with Crippen LogP contribution in [0.1, 0.15) is 41.8 Å². The molecule has 4 aromatic rings. The highest BCUT2D eigenvalue weighted by molar-refractivity contribution is 5.77. The van der Waals surface area contributed by atoms with Crippen LogP contribution in [0, 0.1) is 0 Å². The van der Waals surface area contributed by atoms with Gasteiger partial charge in [0.15, 0.2) is 11.5 Å². The van der Waals surface area contributed by atoms with Crippen LogP contribution in [0.5, 0.6) is 11.5 Å². The van der Waals surface area contributed by atoms with Gasteiger partial charge in [-0.15, -0.1) is 0 Å². The second-order valence-corrected chi connectivity index (χ2v) is 8.13. The summed E-state index contributed by atoms with van der Waals surface area (Å²) in [5, 5.41) is 0. The summed E-state index contributed by atoms with van der Waals surface area (Å²) >= 11 is 0. The van der Waals surface area contributed by atoms with E-state index in [9.17, 15) is 13.2 Å². The molecular weight excluding hydrogens is 441 g/mol. The Balaban J connectivity index is 1.77.